The van der Waals surface area contributed by atoms with E-state index in [9.17, 15) is 4.79 Å². The number of aromatic nitrogens is 1. The van der Waals surface area contributed by atoms with E-state index < -0.39 is 0 Å². The lowest BCUT2D eigenvalue weighted by molar-refractivity contribution is -0.129. The average Bonchev–Trinajstić information content (AvgIpc) is 2.71. The van der Waals surface area contributed by atoms with E-state index in [1.54, 1.807) is 12.4 Å². The number of hydrogen-bond acceptors (Lipinski definition) is 4. The molecule has 1 aromatic rings. The second kappa shape index (κ2) is 3.91. The number of anilines is 2. The first-order valence-electron chi connectivity index (χ1n) is 5.99. The van der Waals surface area contributed by atoms with Gasteiger partial charge in [-0.15, -0.1) is 0 Å². The Morgan fingerprint density at radius 3 is 3.12 bits per heavy atom. The number of nitrogens with two attached hydrogens (primary N) is 1. The number of fused-ring (bicyclic) bond motifs is 1. The van der Waals surface area contributed by atoms with Gasteiger partial charge in [0.15, 0.2) is 0 Å². The van der Waals surface area contributed by atoms with Crippen molar-refractivity contribution in [3.63, 3.8) is 0 Å². The fourth-order valence-corrected chi connectivity index (χ4v) is 2.77. The van der Waals surface area contributed by atoms with E-state index in [2.05, 4.69) is 9.88 Å². The number of carbonyl (C=O) groups is 1. The van der Waals surface area contributed by atoms with E-state index >= 15 is 0 Å². The van der Waals surface area contributed by atoms with E-state index in [4.69, 9.17) is 5.73 Å². The van der Waals surface area contributed by atoms with Gasteiger partial charge in [-0.3, -0.25) is 9.78 Å². The highest BCUT2D eigenvalue weighted by Crippen LogP contribution is 2.28. The zero-order valence-electron chi connectivity index (χ0n) is 9.67. The molecule has 0 unspecified atom stereocenters. The Balaban J connectivity index is 1.80. The second-order valence-electron chi connectivity index (χ2n) is 4.66. The molecule has 1 aromatic heterocycles. The molecule has 17 heavy (non-hydrogen) atoms. The van der Waals surface area contributed by atoms with Gasteiger partial charge in [-0.1, -0.05) is 0 Å². The van der Waals surface area contributed by atoms with E-state index in [0.29, 0.717) is 24.1 Å². The third kappa shape index (κ3) is 1.71. The number of pyridine rings is 1. The van der Waals surface area contributed by atoms with Crippen molar-refractivity contribution in [1.29, 1.82) is 0 Å². The molecule has 1 amide bonds. The third-order valence-corrected chi connectivity index (χ3v) is 3.66. The number of nitrogen functional groups attached to an aromatic ring is 1. The van der Waals surface area contributed by atoms with Crippen LogP contribution in [0.1, 0.15) is 12.8 Å². The summed E-state index contributed by atoms with van der Waals surface area (Å²) >= 11 is 0. The maximum atomic E-state index is 11.6. The predicted octanol–water partition coefficient (Wildman–Crippen LogP) is 0.475. The van der Waals surface area contributed by atoms with Gasteiger partial charge in [0.05, 0.1) is 17.6 Å². The zero-order valence-corrected chi connectivity index (χ0v) is 9.67. The van der Waals surface area contributed by atoms with Crippen molar-refractivity contribution in [3.05, 3.63) is 18.5 Å². The number of piperazine rings is 1. The van der Waals surface area contributed by atoms with Gasteiger partial charge in [-0.05, 0) is 12.5 Å². The Morgan fingerprint density at radius 2 is 2.29 bits per heavy atom. The number of amides is 1. The summed E-state index contributed by atoms with van der Waals surface area (Å²) in [5.74, 6) is 0.303. The third-order valence-electron chi connectivity index (χ3n) is 3.66. The van der Waals surface area contributed by atoms with E-state index in [0.717, 1.165) is 31.7 Å². The van der Waals surface area contributed by atoms with Crippen LogP contribution >= 0.6 is 0 Å². The topological polar surface area (TPSA) is 62.5 Å². The Kier molecular flexibility index (Phi) is 2.39. The Morgan fingerprint density at radius 1 is 1.41 bits per heavy atom. The van der Waals surface area contributed by atoms with Gasteiger partial charge in [0.2, 0.25) is 5.91 Å². The van der Waals surface area contributed by atoms with Crippen molar-refractivity contribution in [1.82, 2.24) is 9.88 Å². The van der Waals surface area contributed by atoms with Crippen LogP contribution in [-0.4, -0.2) is 41.5 Å². The molecule has 90 valence electrons. The predicted molar refractivity (Wildman–Crippen MR) is 65.6 cm³/mol. The molecule has 2 N–H and O–H groups in total. The highest BCUT2D eigenvalue weighted by Gasteiger charge is 2.35. The Hall–Kier alpha value is -1.78. The minimum absolute atomic E-state index is 0.303. The van der Waals surface area contributed by atoms with Gasteiger partial charge >= 0.3 is 0 Å². The first-order valence-corrected chi connectivity index (χ1v) is 5.99. The van der Waals surface area contributed by atoms with Crippen LogP contribution in [-0.2, 0) is 4.79 Å². The van der Waals surface area contributed by atoms with Gasteiger partial charge in [-0.2, -0.15) is 0 Å². The molecular formula is C12H16N4O. The summed E-state index contributed by atoms with van der Waals surface area (Å²) < 4.78 is 0. The summed E-state index contributed by atoms with van der Waals surface area (Å²) in [6.07, 6.45) is 5.12. The number of nitrogens with zero attached hydrogens (tertiary/aromatic N) is 3. The Bertz CT molecular complexity index is 448. The van der Waals surface area contributed by atoms with Crippen LogP contribution < -0.4 is 10.6 Å². The first kappa shape index (κ1) is 10.4. The molecule has 2 saturated heterocycles. The highest BCUT2D eigenvalue weighted by atomic mass is 16.2. The van der Waals surface area contributed by atoms with Crippen molar-refractivity contribution in [2.24, 2.45) is 0 Å². The summed E-state index contributed by atoms with van der Waals surface area (Å²) in [7, 11) is 0. The maximum Gasteiger partial charge on any atom is 0.223 e. The SMILES string of the molecule is Nc1cnccc1N1CCN2C(=O)CC[C@@H]2C1. The molecule has 0 radical (unpaired) electrons. The van der Waals surface area contributed by atoms with Crippen molar-refractivity contribution in [2.75, 3.05) is 30.3 Å². The lowest BCUT2D eigenvalue weighted by Gasteiger charge is -2.39. The standard InChI is InChI=1S/C12H16N4O/c13-10-7-14-4-3-11(10)15-5-6-16-9(8-15)1-2-12(16)17/h3-4,7,9H,1-2,5-6,8,13H2/t9-/m1/s1. The molecule has 1 atom stereocenters. The summed E-state index contributed by atoms with van der Waals surface area (Å²) in [4.78, 5) is 19.9. The van der Waals surface area contributed by atoms with Crippen LogP contribution in [0.5, 0.6) is 0 Å². The second-order valence-corrected chi connectivity index (χ2v) is 4.66. The number of carbonyl (C=O) groups excluding carboxylic acids is 1. The monoisotopic (exact) mass is 232 g/mol. The molecule has 0 bridgehead atoms. The summed E-state index contributed by atoms with van der Waals surface area (Å²) in [5, 5.41) is 0. The molecule has 3 heterocycles. The molecule has 2 aliphatic heterocycles. The highest BCUT2D eigenvalue weighted by molar-refractivity contribution is 5.79. The lowest BCUT2D eigenvalue weighted by atomic mass is 10.1. The minimum Gasteiger partial charge on any atom is -0.396 e. The van der Waals surface area contributed by atoms with Crippen LogP contribution in [0.15, 0.2) is 18.5 Å². The van der Waals surface area contributed by atoms with Gasteiger partial charge in [0.25, 0.3) is 0 Å². The fraction of sp³-hybridized carbons (Fsp3) is 0.500. The molecule has 0 spiro atoms. The largest absolute Gasteiger partial charge is 0.396 e. The molecule has 3 rings (SSSR count). The lowest BCUT2D eigenvalue weighted by Crippen LogP contribution is -2.51. The van der Waals surface area contributed by atoms with Gasteiger partial charge < -0.3 is 15.5 Å². The smallest absolute Gasteiger partial charge is 0.223 e. The van der Waals surface area contributed by atoms with E-state index in [-0.39, 0.29) is 0 Å². The van der Waals surface area contributed by atoms with Gasteiger partial charge in [0, 0.05) is 38.3 Å². The molecule has 0 aliphatic carbocycles. The van der Waals surface area contributed by atoms with Gasteiger partial charge in [0.1, 0.15) is 0 Å². The minimum atomic E-state index is 0.303. The molecule has 2 aliphatic rings. The molecule has 5 heteroatoms. The van der Waals surface area contributed by atoms with Crippen LogP contribution in [0.2, 0.25) is 0 Å². The normalized spacial score (nSPS) is 24.0. The summed E-state index contributed by atoms with van der Waals surface area (Å²) in [6, 6.07) is 2.31. The zero-order chi connectivity index (χ0) is 11.8. The van der Waals surface area contributed by atoms with Crippen LogP contribution in [0.4, 0.5) is 11.4 Å². The number of rotatable bonds is 1. The Labute approximate surface area is 100 Å². The van der Waals surface area contributed by atoms with Crippen molar-refractivity contribution >= 4 is 17.3 Å². The van der Waals surface area contributed by atoms with E-state index in [1.807, 2.05) is 11.0 Å². The average molecular weight is 232 g/mol. The van der Waals surface area contributed by atoms with Gasteiger partial charge in [-0.25, -0.2) is 0 Å². The van der Waals surface area contributed by atoms with Crippen molar-refractivity contribution < 1.29 is 4.79 Å². The molecule has 5 nitrogen and oxygen atoms in total. The quantitative estimate of drug-likeness (QED) is 0.764. The maximum absolute atomic E-state index is 11.6. The molecule has 0 aromatic carbocycles. The molecule has 0 saturated carbocycles. The van der Waals surface area contributed by atoms with Crippen LogP contribution in [0.3, 0.4) is 0 Å². The van der Waals surface area contributed by atoms with Crippen molar-refractivity contribution in [2.45, 2.75) is 18.9 Å². The molecule has 2 fully saturated rings. The fourth-order valence-electron chi connectivity index (χ4n) is 2.77. The van der Waals surface area contributed by atoms with Crippen LogP contribution in [0, 0.1) is 0 Å². The van der Waals surface area contributed by atoms with Crippen LogP contribution in [0.25, 0.3) is 0 Å². The summed E-state index contributed by atoms with van der Waals surface area (Å²) in [5.41, 5.74) is 7.69. The first-order chi connectivity index (χ1) is 8.25. The number of hydrogen-bond donors (Lipinski definition) is 1. The summed E-state index contributed by atoms with van der Waals surface area (Å²) in [6.45, 7) is 2.56. The molecular weight excluding hydrogens is 216 g/mol. The van der Waals surface area contributed by atoms with E-state index in [1.165, 1.54) is 0 Å². The van der Waals surface area contributed by atoms with Crippen molar-refractivity contribution in [3.8, 4) is 0 Å².